The van der Waals surface area contributed by atoms with E-state index in [9.17, 15) is 4.79 Å². The molecule has 8 heteroatoms. The molecular weight excluding hydrogens is 402 g/mol. The highest BCUT2D eigenvalue weighted by molar-refractivity contribution is 6.15. The minimum atomic E-state index is -0.257. The Hall–Kier alpha value is -3.58. The number of benzene rings is 2. The zero-order chi connectivity index (χ0) is 21.1. The third-order valence-corrected chi connectivity index (χ3v) is 4.87. The average molecular weight is 422 g/mol. The first-order valence-corrected chi connectivity index (χ1v) is 10.1. The van der Waals surface area contributed by atoms with Crippen molar-refractivity contribution in [2.75, 3.05) is 30.2 Å². The van der Waals surface area contributed by atoms with Gasteiger partial charge in [0, 0.05) is 29.3 Å². The third-order valence-electron chi connectivity index (χ3n) is 4.87. The number of carbonyl (C=O) groups is 1. The molecule has 0 saturated carbocycles. The van der Waals surface area contributed by atoms with E-state index in [-0.39, 0.29) is 23.2 Å². The standard InChI is InChI=1S/C21H17N5O2.CH3Cl/c22-19-18-20(24-13-23-19)28-11-10-26(21(18)27)16-6-7-17-14(12-16)8-9-25(17)15-4-2-1-3-5-15;1-2/h1-9,12-13H,10-11H2,(H2,22,23,24);1H3. The number of alkyl halides is 1. The number of carbonyl (C=O) groups excluding carboxylic acids is 1. The van der Waals surface area contributed by atoms with Crippen LogP contribution in [0.5, 0.6) is 5.88 Å². The van der Waals surface area contributed by atoms with Crippen molar-refractivity contribution < 1.29 is 9.53 Å². The summed E-state index contributed by atoms with van der Waals surface area (Å²) in [5, 5.41) is 1.04. The number of nitrogen functional groups attached to an aromatic ring is 1. The van der Waals surface area contributed by atoms with Gasteiger partial charge in [0.25, 0.3) is 5.91 Å². The fourth-order valence-corrected chi connectivity index (χ4v) is 3.52. The SMILES string of the molecule is CCl.Nc1ncnc2c1C(=O)N(c1ccc3c(ccn3-c3ccccc3)c1)CCO2. The number of rotatable bonds is 2. The van der Waals surface area contributed by atoms with Gasteiger partial charge in [0.2, 0.25) is 5.88 Å². The second-order valence-electron chi connectivity index (χ2n) is 6.51. The molecule has 1 aliphatic rings. The Morgan fingerprint density at radius 3 is 2.63 bits per heavy atom. The van der Waals surface area contributed by atoms with Crippen molar-refractivity contribution in [2.24, 2.45) is 0 Å². The molecule has 152 valence electrons. The highest BCUT2D eigenvalue weighted by Crippen LogP contribution is 2.30. The first kappa shape index (κ1) is 19.7. The molecule has 0 radical (unpaired) electrons. The molecule has 2 aromatic carbocycles. The van der Waals surface area contributed by atoms with Gasteiger partial charge in [0.1, 0.15) is 24.3 Å². The van der Waals surface area contributed by atoms with Crippen molar-refractivity contribution >= 4 is 39.9 Å². The molecule has 0 bridgehead atoms. The van der Waals surface area contributed by atoms with Crippen LogP contribution in [0.1, 0.15) is 10.4 Å². The Morgan fingerprint density at radius 1 is 1.03 bits per heavy atom. The number of halogens is 1. The van der Waals surface area contributed by atoms with Gasteiger partial charge >= 0.3 is 0 Å². The van der Waals surface area contributed by atoms with E-state index in [0.717, 1.165) is 22.3 Å². The van der Waals surface area contributed by atoms with Gasteiger partial charge in [-0.1, -0.05) is 18.2 Å². The molecule has 3 heterocycles. The van der Waals surface area contributed by atoms with E-state index in [1.54, 1.807) is 4.90 Å². The summed E-state index contributed by atoms with van der Waals surface area (Å²) in [7, 11) is 0. The van der Waals surface area contributed by atoms with Crippen LogP contribution in [0, 0.1) is 0 Å². The van der Waals surface area contributed by atoms with E-state index in [1.165, 1.54) is 12.7 Å². The van der Waals surface area contributed by atoms with Crippen LogP contribution in [0.2, 0.25) is 0 Å². The Morgan fingerprint density at radius 2 is 1.83 bits per heavy atom. The lowest BCUT2D eigenvalue weighted by Crippen LogP contribution is -2.32. The predicted molar refractivity (Wildman–Crippen MR) is 119 cm³/mol. The molecule has 1 amide bonds. The number of anilines is 2. The monoisotopic (exact) mass is 421 g/mol. The van der Waals surface area contributed by atoms with E-state index in [4.69, 9.17) is 10.5 Å². The van der Waals surface area contributed by atoms with Gasteiger partial charge in [-0.15, -0.1) is 11.6 Å². The summed E-state index contributed by atoms with van der Waals surface area (Å²) in [5.74, 6) is 0.0990. The maximum absolute atomic E-state index is 13.1. The summed E-state index contributed by atoms with van der Waals surface area (Å²) >= 11 is 4.64. The van der Waals surface area contributed by atoms with E-state index in [2.05, 4.69) is 38.3 Å². The van der Waals surface area contributed by atoms with Crippen molar-refractivity contribution in [3.8, 4) is 11.6 Å². The van der Waals surface area contributed by atoms with Crippen molar-refractivity contribution in [1.29, 1.82) is 0 Å². The Labute approximate surface area is 178 Å². The van der Waals surface area contributed by atoms with Crippen LogP contribution in [0.15, 0.2) is 67.1 Å². The summed E-state index contributed by atoms with van der Waals surface area (Å²) in [5.41, 5.74) is 9.06. The van der Waals surface area contributed by atoms with E-state index >= 15 is 0 Å². The van der Waals surface area contributed by atoms with Crippen molar-refractivity contribution in [3.05, 3.63) is 72.7 Å². The number of ether oxygens (including phenoxy) is 1. The van der Waals surface area contributed by atoms with Crippen molar-refractivity contribution in [3.63, 3.8) is 0 Å². The molecule has 0 aliphatic carbocycles. The van der Waals surface area contributed by atoms with Crippen LogP contribution in [0.3, 0.4) is 0 Å². The Bertz CT molecular complexity index is 1190. The largest absolute Gasteiger partial charge is 0.475 e. The molecule has 0 spiro atoms. The van der Waals surface area contributed by atoms with Gasteiger partial charge in [-0.05, 0) is 36.4 Å². The first-order valence-electron chi connectivity index (χ1n) is 9.32. The number of hydrogen-bond donors (Lipinski definition) is 1. The number of para-hydroxylation sites is 1. The lowest BCUT2D eigenvalue weighted by Gasteiger charge is -2.20. The number of fused-ring (bicyclic) bond motifs is 2. The van der Waals surface area contributed by atoms with Crippen LogP contribution in [-0.4, -0.2) is 40.0 Å². The van der Waals surface area contributed by atoms with E-state index < -0.39 is 0 Å². The predicted octanol–water partition coefficient (Wildman–Crippen LogP) is 3.90. The summed E-state index contributed by atoms with van der Waals surface area (Å²) in [4.78, 5) is 22.7. The second-order valence-corrected chi connectivity index (χ2v) is 6.51. The second kappa shape index (κ2) is 8.42. The number of amides is 1. The average Bonchev–Trinajstić information content (AvgIpc) is 3.13. The Kier molecular flexibility index (Phi) is 5.54. The fourth-order valence-electron chi connectivity index (χ4n) is 3.52. The van der Waals surface area contributed by atoms with Gasteiger partial charge in [0.05, 0.1) is 12.1 Å². The van der Waals surface area contributed by atoms with Crippen molar-refractivity contribution in [2.45, 2.75) is 0 Å². The molecule has 0 saturated heterocycles. The number of nitrogens with zero attached hydrogens (tertiary/aromatic N) is 4. The summed E-state index contributed by atoms with van der Waals surface area (Å²) in [6.07, 6.45) is 4.80. The molecule has 2 N–H and O–H groups in total. The quantitative estimate of drug-likeness (QED) is 0.496. The highest BCUT2D eigenvalue weighted by atomic mass is 35.5. The van der Waals surface area contributed by atoms with E-state index in [1.807, 2.05) is 48.7 Å². The summed E-state index contributed by atoms with van der Waals surface area (Å²) in [6.45, 7) is 0.734. The van der Waals surface area contributed by atoms with Gasteiger partial charge in [-0.3, -0.25) is 4.79 Å². The fraction of sp³-hybridized carbons (Fsp3) is 0.136. The van der Waals surface area contributed by atoms with E-state index in [0.29, 0.717) is 13.2 Å². The highest BCUT2D eigenvalue weighted by Gasteiger charge is 2.28. The molecule has 30 heavy (non-hydrogen) atoms. The van der Waals surface area contributed by atoms with Crippen molar-refractivity contribution in [1.82, 2.24) is 14.5 Å². The minimum absolute atomic E-state index is 0.123. The summed E-state index contributed by atoms with van der Waals surface area (Å²) in [6, 6.07) is 18.1. The maximum Gasteiger partial charge on any atom is 0.267 e. The molecule has 0 unspecified atom stereocenters. The van der Waals surface area contributed by atoms with Crippen LogP contribution < -0.4 is 15.4 Å². The molecule has 0 atom stereocenters. The Balaban J connectivity index is 0.00000106. The molecule has 2 aromatic heterocycles. The topological polar surface area (TPSA) is 86.3 Å². The van der Waals surface area contributed by atoms with Gasteiger partial charge in [-0.2, -0.15) is 0 Å². The molecule has 4 aromatic rings. The smallest absolute Gasteiger partial charge is 0.267 e. The zero-order valence-electron chi connectivity index (χ0n) is 16.3. The van der Waals surface area contributed by atoms with Crippen LogP contribution in [0.25, 0.3) is 16.6 Å². The molecule has 5 rings (SSSR count). The number of aromatic nitrogens is 3. The normalized spacial score (nSPS) is 13.1. The molecule has 0 fully saturated rings. The lowest BCUT2D eigenvalue weighted by atomic mass is 10.2. The first-order chi connectivity index (χ1) is 14.7. The van der Waals surface area contributed by atoms with Crippen LogP contribution >= 0.6 is 11.6 Å². The van der Waals surface area contributed by atoms with Crippen LogP contribution in [-0.2, 0) is 0 Å². The van der Waals surface area contributed by atoms with Gasteiger partial charge in [0.15, 0.2) is 0 Å². The lowest BCUT2D eigenvalue weighted by molar-refractivity contribution is 0.0990. The molecular formula is C22H20ClN5O2. The number of hydrogen-bond acceptors (Lipinski definition) is 5. The number of nitrogens with two attached hydrogens (primary N) is 1. The molecule has 1 aliphatic heterocycles. The zero-order valence-corrected chi connectivity index (χ0v) is 17.1. The third kappa shape index (κ3) is 3.44. The maximum atomic E-state index is 13.1. The minimum Gasteiger partial charge on any atom is -0.475 e. The molecule has 7 nitrogen and oxygen atoms in total. The summed E-state index contributed by atoms with van der Waals surface area (Å²) < 4.78 is 7.72. The van der Waals surface area contributed by atoms with Gasteiger partial charge in [-0.25, -0.2) is 9.97 Å². The van der Waals surface area contributed by atoms with Crippen LogP contribution in [0.4, 0.5) is 11.5 Å². The van der Waals surface area contributed by atoms with Gasteiger partial charge < -0.3 is 19.9 Å².